The largest absolute Gasteiger partial charge is 0.282 e. The normalized spacial score (nSPS) is 15.2. The van der Waals surface area contributed by atoms with Crippen molar-refractivity contribution in [1.29, 1.82) is 0 Å². The Morgan fingerprint density at radius 3 is 2.32 bits per heavy atom. The van der Waals surface area contributed by atoms with E-state index in [4.69, 9.17) is 23.2 Å². The molecule has 3 aromatic rings. The average molecular weight is 407 g/mol. The Morgan fingerprint density at radius 1 is 0.929 bits per heavy atom. The highest BCUT2D eigenvalue weighted by Crippen LogP contribution is 2.30. The zero-order valence-electron chi connectivity index (χ0n) is 15.1. The van der Waals surface area contributed by atoms with Gasteiger partial charge in [-0.15, -0.1) is 0 Å². The molecule has 5 heteroatoms. The minimum absolute atomic E-state index is 0.200. The molecule has 0 fully saturated rings. The number of halogens is 2. The van der Waals surface area contributed by atoms with Crippen LogP contribution in [0.3, 0.4) is 0 Å². The van der Waals surface area contributed by atoms with Crippen LogP contribution in [0.15, 0.2) is 83.5 Å². The van der Waals surface area contributed by atoms with Crippen molar-refractivity contribution < 1.29 is 4.79 Å². The van der Waals surface area contributed by atoms with E-state index in [1.54, 1.807) is 29.2 Å². The van der Waals surface area contributed by atoms with Crippen LogP contribution in [-0.4, -0.2) is 11.7 Å². The molecule has 1 aliphatic rings. The predicted octanol–water partition coefficient (Wildman–Crippen LogP) is 6.14. The van der Waals surface area contributed by atoms with E-state index >= 15 is 0 Å². The SMILES string of the molecule is Cc1ccc(N2C(=O)/C(=C\c3ccc(Cl)cc3Cl)N=C2c2ccccc2)cc1. The highest BCUT2D eigenvalue weighted by molar-refractivity contribution is 6.36. The van der Waals surface area contributed by atoms with Gasteiger partial charge in [-0.25, -0.2) is 4.99 Å². The first-order chi connectivity index (χ1) is 13.5. The van der Waals surface area contributed by atoms with Crippen LogP contribution in [0.2, 0.25) is 10.0 Å². The van der Waals surface area contributed by atoms with Crippen LogP contribution >= 0.6 is 23.2 Å². The van der Waals surface area contributed by atoms with Crippen molar-refractivity contribution in [2.45, 2.75) is 6.92 Å². The Hall–Kier alpha value is -2.88. The molecule has 0 saturated heterocycles. The van der Waals surface area contributed by atoms with Crippen molar-refractivity contribution in [2.75, 3.05) is 4.90 Å². The van der Waals surface area contributed by atoms with Crippen molar-refractivity contribution >= 4 is 46.7 Å². The number of aryl methyl sites for hydroxylation is 1. The number of hydrogen-bond acceptors (Lipinski definition) is 2. The predicted molar refractivity (Wildman–Crippen MR) is 116 cm³/mol. The zero-order chi connectivity index (χ0) is 19.7. The minimum Gasteiger partial charge on any atom is -0.266 e. The Bertz CT molecular complexity index is 1100. The van der Waals surface area contributed by atoms with E-state index in [1.165, 1.54) is 0 Å². The van der Waals surface area contributed by atoms with Crippen LogP contribution in [0.1, 0.15) is 16.7 Å². The summed E-state index contributed by atoms with van der Waals surface area (Å²) >= 11 is 12.3. The molecule has 3 aromatic carbocycles. The van der Waals surface area contributed by atoms with Gasteiger partial charge >= 0.3 is 0 Å². The number of amidine groups is 1. The van der Waals surface area contributed by atoms with E-state index in [9.17, 15) is 4.79 Å². The summed E-state index contributed by atoms with van der Waals surface area (Å²) in [6.45, 7) is 2.01. The Kier molecular flexibility index (Phi) is 5.03. The van der Waals surface area contributed by atoms with Crippen molar-refractivity contribution in [3.05, 3.63) is 105 Å². The average Bonchev–Trinajstić information content (AvgIpc) is 3.02. The molecule has 1 amide bonds. The van der Waals surface area contributed by atoms with E-state index in [1.807, 2.05) is 61.5 Å². The quantitative estimate of drug-likeness (QED) is 0.481. The number of aliphatic imine (C=N–C) groups is 1. The van der Waals surface area contributed by atoms with Crippen molar-refractivity contribution in [2.24, 2.45) is 4.99 Å². The monoisotopic (exact) mass is 406 g/mol. The first-order valence-corrected chi connectivity index (χ1v) is 9.50. The molecule has 0 aliphatic carbocycles. The third kappa shape index (κ3) is 3.59. The number of hydrogen-bond donors (Lipinski definition) is 0. The second kappa shape index (κ2) is 7.63. The summed E-state index contributed by atoms with van der Waals surface area (Å²) in [5.41, 5.74) is 3.77. The van der Waals surface area contributed by atoms with E-state index < -0.39 is 0 Å². The van der Waals surface area contributed by atoms with E-state index in [0.717, 1.165) is 16.8 Å². The molecule has 0 spiro atoms. The van der Waals surface area contributed by atoms with Gasteiger partial charge in [-0.3, -0.25) is 9.69 Å². The Labute approximate surface area is 173 Å². The lowest BCUT2D eigenvalue weighted by molar-refractivity contribution is -0.113. The molecular formula is C23H16Cl2N2O. The molecule has 0 N–H and O–H groups in total. The summed E-state index contributed by atoms with van der Waals surface area (Å²) in [5.74, 6) is 0.388. The highest BCUT2D eigenvalue weighted by atomic mass is 35.5. The number of rotatable bonds is 3. The fourth-order valence-corrected chi connectivity index (χ4v) is 3.46. The number of anilines is 1. The summed E-state index contributed by atoms with van der Waals surface area (Å²) in [5, 5.41) is 1.01. The number of carbonyl (C=O) groups is 1. The lowest BCUT2D eigenvalue weighted by Gasteiger charge is -2.18. The molecule has 0 radical (unpaired) electrons. The number of nitrogens with zero attached hydrogens (tertiary/aromatic N) is 2. The molecule has 0 saturated carbocycles. The van der Waals surface area contributed by atoms with Gasteiger partial charge in [-0.05, 0) is 42.8 Å². The summed E-state index contributed by atoms with van der Waals surface area (Å²) in [4.78, 5) is 19.5. The van der Waals surface area contributed by atoms with Gasteiger partial charge in [0.05, 0.1) is 5.69 Å². The molecule has 138 valence electrons. The molecule has 0 aromatic heterocycles. The number of amides is 1. The van der Waals surface area contributed by atoms with E-state index in [-0.39, 0.29) is 5.91 Å². The van der Waals surface area contributed by atoms with Crippen LogP contribution in [0.5, 0.6) is 0 Å². The van der Waals surface area contributed by atoms with E-state index in [2.05, 4.69) is 4.99 Å². The summed E-state index contributed by atoms with van der Waals surface area (Å²) in [6, 6.07) is 22.6. The van der Waals surface area contributed by atoms with Crippen LogP contribution in [0.25, 0.3) is 6.08 Å². The van der Waals surface area contributed by atoms with Crippen LogP contribution in [0.4, 0.5) is 5.69 Å². The van der Waals surface area contributed by atoms with Crippen molar-refractivity contribution in [3.8, 4) is 0 Å². The minimum atomic E-state index is -0.200. The maximum atomic E-state index is 13.2. The summed E-state index contributed by atoms with van der Waals surface area (Å²) < 4.78 is 0. The maximum Gasteiger partial charge on any atom is 0.282 e. The smallest absolute Gasteiger partial charge is 0.266 e. The van der Waals surface area contributed by atoms with Gasteiger partial charge in [0.1, 0.15) is 11.5 Å². The molecule has 4 rings (SSSR count). The zero-order valence-corrected chi connectivity index (χ0v) is 16.6. The maximum absolute atomic E-state index is 13.2. The number of benzene rings is 3. The second-order valence-corrected chi connectivity index (χ2v) is 7.32. The van der Waals surface area contributed by atoms with Crippen molar-refractivity contribution in [3.63, 3.8) is 0 Å². The third-order valence-corrected chi connectivity index (χ3v) is 5.00. The Morgan fingerprint density at radius 2 is 1.64 bits per heavy atom. The topological polar surface area (TPSA) is 32.7 Å². The fraction of sp³-hybridized carbons (Fsp3) is 0.0435. The van der Waals surface area contributed by atoms with E-state index in [0.29, 0.717) is 27.1 Å². The molecular weight excluding hydrogens is 391 g/mol. The molecule has 1 heterocycles. The molecule has 0 bridgehead atoms. The molecule has 0 atom stereocenters. The summed E-state index contributed by atoms with van der Waals surface area (Å²) in [6.07, 6.45) is 1.69. The van der Waals surface area contributed by atoms with Crippen LogP contribution in [-0.2, 0) is 4.79 Å². The van der Waals surface area contributed by atoms with Gasteiger partial charge in [0.25, 0.3) is 5.91 Å². The van der Waals surface area contributed by atoms with Gasteiger partial charge in [-0.1, -0.05) is 77.3 Å². The third-order valence-electron chi connectivity index (χ3n) is 4.44. The van der Waals surface area contributed by atoms with Crippen LogP contribution in [0, 0.1) is 6.92 Å². The second-order valence-electron chi connectivity index (χ2n) is 6.47. The van der Waals surface area contributed by atoms with Crippen LogP contribution < -0.4 is 4.90 Å². The van der Waals surface area contributed by atoms with Gasteiger partial charge in [0.2, 0.25) is 0 Å². The van der Waals surface area contributed by atoms with Gasteiger partial charge in [-0.2, -0.15) is 0 Å². The fourth-order valence-electron chi connectivity index (χ4n) is 3.00. The lowest BCUT2D eigenvalue weighted by Crippen LogP contribution is -2.32. The molecule has 0 unspecified atom stereocenters. The standard InChI is InChI=1S/C23H16Cl2N2O/c1-15-7-11-19(12-8-15)27-22(16-5-3-2-4-6-16)26-21(23(27)28)13-17-9-10-18(24)14-20(17)25/h2-14H,1H3/b21-13+. The van der Waals surface area contributed by atoms with Gasteiger partial charge in [0, 0.05) is 15.6 Å². The molecule has 28 heavy (non-hydrogen) atoms. The molecule has 1 aliphatic heterocycles. The Balaban J connectivity index is 1.83. The lowest BCUT2D eigenvalue weighted by atomic mass is 10.1. The highest BCUT2D eigenvalue weighted by Gasteiger charge is 2.32. The number of carbonyl (C=O) groups excluding carboxylic acids is 1. The molecule has 3 nitrogen and oxygen atoms in total. The first-order valence-electron chi connectivity index (χ1n) is 8.75. The van der Waals surface area contributed by atoms with Crippen molar-refractivity contribution in [1.82, 2.24) is 0 Å². The summed E-state index contributed by atoms with van der Waals surface area (Å²) in [7, 11) is 0. The van der Waals surface area contributed by atoms with Gasteiger partial charge in [0.15, 0.2) is 0 Å². The first kappa shape index (κ1) is 18.5. The van der Waals surface area contributed by atoms with Gasteiger partial charge < -0.3 is 0 Å².